The SMILES string of the molecule is Cn1nnc(C(O)C2CNCCS2)n1. The molecule has 1 aromatic heterocycles. The van der Waals surface area contributed by atoms with E-state index in [0.29, 0.717) is 5.82 Å². The van der Waals surface area contributed by atoms with Gasteiger partial charge in [-0.3, -0.25) is 0 Å². The lowest BCUT2D eigenvalue weighted by atomic mass is 10.2. The van der Waals surface area contributed by atoms with Crippen LogP contribution in [0.2, 0.25) is 0 Å². The van der Waals surface area contributed by atoms with Gasteiger partial charge in [0.25, 0.3) is 0 Å². The van der Waals surface area contributed by atoms with Crippen molar-refractivity contribution in [3.63, 3.8) is 0 Å². The van der Waals surface area contributed by atoms with Crippen molar-refractivity contribution in [2.24, 2.45) is 7.05 Å². The maximum Gasteiger partial charge on any atom is 0.204 e. The summed E-state index contributed by atoms with van der Waals surface area (Å²) >= 11 is 1.75. The quantitative estimate of drug-likeness (QED) is 0.655. The Morgan fingerprint density at radius 2 is 2.57 bits per heavy atom. The van der Waals surface area contributed by atoms with Gasteiger partial charge in [0.15, 0.2) is 0 Å². The molecule has 6 nitrogen and oxygen atoms in total. The van der Waals surface area contributed by atoms with E-state index in [9.17, 15) is 5.11 Å². The molecule has 0 amide bonds. The molecule has 0 radical (unpaired) electrons. The summed E-state index contributed by atoms with van der Waals surface area (Å²) in [6, 6.07) is 0. The summed E-state index contributed by atoms with van der Waals surface area (Å²) in [5.41, 5.74) is 0. The molecule has 78 valence electrons. The van der Waals surface area contributed by atoms with Gasteiger partial charge in [-0.1, -0.05) is 0 Å². The molecule has 1 aliphatic rings. The third-order valence-electron chi connectivity index (χ3n) is 2.10. The summed E-state index contributed by atoms with van der Waals surface area (Å²) in [6.45, 7) is 1.80. The van der Waals surface area contributed by atoms with Crippen molar-refractivity contribution in [3.8, 4) is 0 Å². The fraction of sp³-hybridized carbons (Fsp3) is 0.857. The maximum atomic E-state index is 9.92. The average Bonchev–Trinajstić information content (AvgIpc) is 2.65. The lowest BCUT2D eigenvalue weighted by Crippen LogP contribution is -2.36. The summed E-state index contributed by atoms with van der Waals surface area (Å²) < 4.78 is 0. The molecule has 7 heteroatoms. The number of aliphatic hydroxyl groups excluding tert-OH is 1. The van der Waals surface area contributed by atoms with Crippen LogP contribution in [0.1, 0.15) is 11.9 Å². The largest absolute Gasteiger partial charge is 0.384 e. The van der Waals surface area contributed by atoms with Gasteiger partial charge in [0.05, 0.1) is 12.3 Å². The fourth-order valence-corrected chi connectivity index (χ4v) is 2.48. The second-order valence-corrected chi connectivity index (χ2v) is 4.54. The molecule has 0 spiro atoms. The van der Waals surface area contributed by atoms with Crippen molar-refractivity contribution in [1.29, 1.82) is 0 Å². The van der Waals surface area contributed by atoms with Crippen LogP contribution in [-0.2, 0) is 7.05 Å². The van der Waals surface area contributed by atoms with Crippen LogP contribution in [0.15, 0.2) is 0 Å². The molecule has 2 rings (SSSR count). The number of nitrogens with one attached hydrogen (secondary N) is 1. The number of hydrogen-bond acceptors (Lipinski definition) is 6. The summed E-state index contributed by atoms with van der Waals surface area (Å²) in [7, 11) is 1.69. The van der Waals surface area contributed by atoms with E-state index in [2.05, 4.69) is 20.7 Å². The number of thioether (sulfide) groups is 1. The van der Waals surface area contributed by atoms with Crippen LogP contribution in [0.3, 0.4) is 0 Å². The second-order valence-electron chi connectivity index (χ2n) is 3.20. The first-order chi connectivity index (χ1) is 6.77. The van der Waals surface area contributed by atoms with Gasteiger partial charge >= 0.3 is 0 Å². The van der Waals surface area contributed by atoms with Crippen LogP contribution in [-0.4, -0.2) is 49.4 Å². The van der Waals surface area contributed by atoms with E-state index in [0.717, 1.165) is 18.8 Å². The van der Waals surface area contributed by atoms with Crippen molar-refractivity contribution >= 4 is 11.8 Å². The Bertz CT molecular complexity index is 298. The van der Waals surface area contributed by atoms with Crippen LogP contribution in [0.25, 0.3) is 0 Å². The normalized spacial score (nSPS) is 24.9. The molecule has 2 N–H and O–H groups in total. The van der Waals surface area contributed by atoms with Crippen LogP contribution >= 0.6 is 11.8 Å². The third kappa shape index (κ3) is 2.05. The number of aliphatic hydroxyl groups is 1. The highest BCUT2D eigenvalue weighted by Gasteiger charge is 2.26. The zero-order valence-corrected chi connectivity index (χ0v) is 8.74. The first kappa shape index (κ1) is 9.88. The van der Waals surface area contributed by atoms with Crippen molar-refractivity contribution in [2.75, 3.05) is 18.8 Å². The van der Waals surface area contributed by atoms with E-state index in [1.54, 1.807) is 18.8 Å². The number of aryl methyl sites for hydroxylation is 1. The Balaban J connectivity index is 2.03. The lowest BCUT2D eigenvalue weighted by molar-refractivity contribution is 0.162. The van der Waals surface area contributed by atoms with Gasteiger partial charge < -0.3 is 10.4 Å². The first-order valence-corrected chi connectivity index (χ1v) is 5.56. The van der Waals surface area contributed by atoms with E-state index in [1.165, 1.54) is 4.80 Å². The number of nitrogens with zero attached hydrogens (tertiary/aromatic N) is 4. The summed E-state index contributed by atoms with van der Waals surface area (Å²) in [5, 5.41) is 24.8. The molecular formula is C7H13N5OS. The van der Waals surface area contributed by atoms with E-state index in [4.69, 9.17) is 0 Å². The molecule has 2 unspecified atom stereocenters. The van der Waals surface area contributed by atoms with Gasteiger partial charge in [-0.05, 0) is 5.21 Å². The lowest BCUT2D eigenvalue weighted by Gasteiger charge is -2.24. The highest BCUT2D eigenvalue weighted by atomic mass is 32.2. The summed E-state index contributed by atoms with van der Waals surface area (Å²) in [6.07, 6.45) is -0.624. The Morgan fingerprint density at radius 1 is 1.71 bits per heavy atom. The highest BCUT2D eigenvalue weighted by Crippen LogP contribution is 2.25. The first-order valence-electron chi connectivity index (χ1n) is 4.51. The molecule has 2 atom stereocenters. The Kier molecular flexibility index (Phi) is 2.99. The number of aromatic nitrogens is 4. The molecule has 1 aromatic rings. The van der Waals surface area contributed by atoms with E-state index in [-0.39, 0.29) is 5.25 Å². The minimum absolute atomic E-state index is 0.132. The highest BCUT2D eigenvalue weighted by molar-refractivity contribution is 8.00. The minimum atomic E-state index is -0.624. The Labute approximate surface area is 86.1 Å². The molecule has 0 aliphatic carbocycles. The molecular weight excluding hydrogens is 202 g/mol. The molecule has 2 heterocycles. The van der Waals surface area contributed by atoms with E-state index in [1.807, 2.05) is 0 Å². The fourth-order valence-electron chi connectivity index (χ4n) is 1.37. The van der Waals surface area contributed by atoms with Crippen LogP contribution in [0.5, 0.6) is 0 Å². The average molecular weight is 215 g/mol. The second kappa shape index (κ2) is 4.24. The molecule has 1 fully saturated rings. The number of tetrazole rings is 1. The van der Waals surface area contributed by atoms with Crippen molar-refractivity contribution in [3.05, 3.63) is 5.82 Å². The smallest absolute Gasteiger partial charge is 0.204 e. The molecule has 1 aliphatic heterocycles. The van der Waals surface area contributed by atoms with Gasteiger partial charge in [-0.25, -0.2) is 0 Å². The third-order valence-corrected chi connectivity index (χ3v) is 3.39. The van der Waals surface area contributed by atoms with E-state index < -0.39 is 6.10 Å². The summed E-state index contributed by atoms with van der Waals surface area (Å²) in [4.78, 5) is 1.36. The molecule has 0 bridgehead atoms. The predicted octanol–water partition coefficient (Wildman–Crippen LogP) is -1.05. The molecule has 0 aromatic carbocycles. The molecule has 1 saturated heterocycles. The van der Waals surface area contributed by atoms with Crippen LogP contribution in [0, 0.1) is 0 Å². The maximum absolute atomic E-state index is 9.92. The van der Waals surface area contributed by atoms with Gasteiger partial charge in [0.1, 0.15) is 6.10 Å². The standard InChI is InChI=1S/C7H13N5OS/c1-12-10-7(9-11-12)6(13)5-4-8-2-3-14-5/h5-6,8,13H,2-4H2,1H3. The Morgan fingerprint density at radius 3 is 3.14 bits per heavy atom. The zero-order valence-electron chi connectivity index (χ0n) is 7.92. The monoisotopic (exact) mass is 215 g/mol. The number of hydrogen-bond donors (Lipinski definition) is 2. The summed E-state index contributed by atoms with van der Waals surface area (Å²) in [5.74, 6) is 1.43. The Hall–Kier alpha value is -0.660. The van der Waals surface area contributed by atoms with Gasteiger partial charge in [-0.15, -0.1) is 10.2 Å². The molecule has 0 saturated carbocycles. The topological polar surface area (TPSA) is 75.9 Å². The van der Waals surface area contributed by atoms with Gasteiger partial charge in [0.2, 0.25) is 5.82 Å². The predicted molar refractivity (Wildman–Crippen MR) is 52.9 cm³/mol. The van der Waals surface area contributed by atoms with Crippen molar-refractivity contribution in [1.82, 2.24) is 25.5 Å². The van der Waals surface area contributed by atoms with Gasteiger partial charge in [-0.2, -0.15) is 16.6 Å². The number of rotatable bonds is 2. The van der Waals surface area contributed by atoms with Crippen LogP contribution < -0.4 is 5.32 Å². The minimum Gasteiger partial charge on any atom is -0.384 e. The van der Waals surface area contributed by atoms with Crippen molar-refractivity contribution in [2.45, 2.75) is 11.4 Å². The zero-order chi connectivity index (χ0) is 9.97. The van der Waals surface area contributed by atoms with Gasteiger partial charge in [0, 0.05) is 18.8 Å². The van der Waals surface area contributed by atoms with Crippen molar-refractivity contribution < 1.29 is 5.11 Å². The van der Waals surface area contributed by atoms with Crippen LogP contribution in [0.4, 0.5) is 0 Å². The van der Waals surface area contributed by atoms with E-state index >= 15 is 0 Å². The molecule has 14 heavy (non-hydrogen) atoms.